The topological polar surface area (TPSA) is 82.0 Å². The number of benzene rings is 2. The lowest BCUT2D eigenvalue weighted by molar-refractivity contribution is 0.0752. The average Bonchev–Trinajstić information content (AvgIpc) is 3.63. The first kappa shape index (κ1) is 28.5. The van der Waals surface area contributed by atoms with Gasteiger partial charge in [-0.1, -0.05) is 31.9 Å². The lowest BCUT2D eigenvalue weighted by Crippen LogP contribution is -2.36. The van der Waals surface area contributed by atoms with Gasteiger partial charge in [-0.25, -0.2) is 0 Å². The van der Waals surface area contributed by atoms with Crippen LogP contribution in [0.5, 0.6) is 11.8 Å². The third-order valence-corrected chi connectivity index (χ3v) is 9.80. The van der Waals surface area contributed by atoms with Crippen molar-refractivity contribution in [3.05, 3.63) is 50.7 Å². The molecule has 8 nitrogen and oxygen atoms in total. The van der Waals surface area contributed by atoms with E-state index in [0.717, 1.165) is 76.6 Å². The van der Waals surface area contributed by atoms with Gasteiger partial charge in [0.25, 0.3) is 5.91 Å². The SMILES string of the molecule is CCC1CCCCCN1c1nc(OCC2(CN(C)C)CC2)nc2c1CN(C(=O)c1cc(O)cc3cccc(I)c13)C2. The molecule has 41 heavy (non-hydrogen) atoms. The summed E-state index contributed by atoms with van der Waals surface area (Å²) in [5.41, 5.74) is 2.59. The Morgan fingerprint density at radius 2 is 2.00 bits per heavy atom. The van der Waals surface area contributed by atoms with E-state index in [1.165, 1.54) is 12.8 Å². The number of fused-ring (bicyclic) bond motifs is 2. The highest BCUT2D eigenvalue weighted by molar-refractivity contribution is 14.1. The molecule has 0 spiro atoms. The molecule has 6 rings (SSSR count). The number of hydrogen-bond acceptors (Lipinski definition) is 7. The highest BCUT2D eigenvalue weighted by Crippen LogP contribution is 2.46. The molecule has 1 N–H and O–H groups in total. The highest BCUT2D eigenvalue weighted by Gasteiger charge is 2.44. The number of amides is 1. The Labute approximate surface area is 256 Å². The predicted octanol–water partition coefficient (Wildman–Crippen LogP) is 5.98. The number of aromatic hydroxyl groups is 1. The molecule has 2 aromatic carbocycles. The van der Waals surface area contributed by atoms with Crippen molar-refractivity contribution in [2.45, 2.75) is 71.0 Å². The van der Waals surface area contributed by atoms with Crippen molar-refractivity contribution in [3.63, 3.8) is 0 Å². The minimum absolute atomic E-state index is 0.0952. The van der Waals surface area contributed by atoms with Gasteiger partial charge < -0.3 is 24.5 Å². The summed E-state index contributed by atoms with van der Waals surface area (Å²) in [6.45, 7) is 5.65. The van der Waals surface area contributed by atoms with Gasteiger partial charge in [0.2, 0.25) is 0 Å². The summed E-state index contributed by atoms with van der Waals surface area (Å²) in [4.78, 5) is 30.6. The van der Waals surface area contributed by atoms with E-state index in [4.69, 9.17) is 14.7 Å². The van der Waals surface area contributed by atoms with E-state index < -0.39 is 0 Å². The number of phenolic OH excluding ortho intramolecular Hbond substituents is 1. The van der Waals surface area contributed by atoms with E-state index >= 15 is 0 Å². The number of nitrogens with zero attached hydrogens (tertiary/aromatic N) is 5. The Kier molecular flexibility index (Phi) is 8.02. The molecule has 2 aliphatic heterocycles. The first-order valence-electron chi connectivity index (χ1n) is 14.9. The fourth-order valence-corrected chi connectivity index (χ4v) is 7.47. The molecule has 1 saturated heterocycles. The summed E-state index contributed by atoms with van der Waals surface area (Å²) in [5, 5.41) is 12.2. The van der Waals surface area contributed by atoms with Crippen molar-refractivity contribution < 1.29 is 14.6 Å². The van der Waals surface area contributed by atoms with Crippen molar-refractivity contribution in [1.82, 2.24) is 19.8 Å². The van der Waals surface area contributed by atoms with Crippen molar-refractivity contribution in [2.24, 2.45) is 5.41 Å². The standard InChI is InChI=1S/C32H40IN5O3/c1-4-22-10-6-5-7-14-38(22)29-25-17-37(30(40)24-16-23(39)15-21-9-8-11-26(33)28(21)24)18-27(25)34-31(35-29)41-20-32(12-13-32)19-36(2)3/h8-9,11,15-16,22,39H,4-7,10,12-14,17-20H2,1-3H3. The molecule has 1 unspecified atom stereocenters. The number of carbonyl (C=O) groups is 1. The summed E-state index contributed by atoms with van der Waals surface area (Å²) >= 11 is 2.27. The molecule has 1 aromatic heterocycles. The molecular formula is C32H40IN5O3. The van der Waals surface area contributed by atoms with Crippen LogP contribution in [0.2, 0.25) is 0 Å². The molecule has 3 aromatic rings. The Hall–Kier alpha value is -2.66. The number of anilines is 1. The van der Waals surface area contributed by atoms with Gasteiger partial charge in [-0.05, 0) is 92.4 Å². The van der Waals surface area contributed by atoms with E-state index in [0.29, 0.717) is 37.3 Å². The summed E-state index contributed by atoms with van der Waals surface area (Å²) in [6.07, 6.45) is 8.10. The summed E-state index contributed by atoms with van der Waals surface area (Å²) in [6, 6.07) is 10.0. The zero-order valence-electron chi connectivity index (χ0n) is 24.3. The molecule has 1 amide bonds. The molecule has 1 saturated carbocycles. The van der Waals surface area contributed by atoms with Crippen LogP contribution >= 0.6 is 22.6 Å². The Bertz CT molecular complexity index is 1460. The Balaban J connectivity index is 1.34. The molecule has 0 bridgehead atoms. The van der Waals surface area contributed by atoms with E-state index in [1.807, 2.05) is 23.1 Å². The van der Waals surface area contributed by atoms with E-state index in [1.54, 1.807) is 12.1 Å². The van der Waals surface area contributed by atoms with Gasteiger partial charge in [0.15, 0.2) is 0 Å². The first-order chi connectivity index (χ1) is 19.8. The van der Waals surface area contributed by atoms with Gasteiger partial charge in [-0.2, -0.15) is 9.97 Å². The van der Waals surface area contributed by atoms with Crippen LogP contribution in [0, 0.1) is 8.99 Å². The Morgan fingerprint density at radius 1 is 1.17 bits per heavy atom. The largest absolute Gasteiger partial charge is 0.508 e. The van der Waals surface area contributed by atoms with Gasteiger partial charge >= 0.3 is 6.01 Å². The molecule has 3 heterocycles. The maximum absolute atomic E-state index is 14.1. The van der Waals surface area contributed by atoms with Gasteiger partial charge in [0.1, 0.15) is 11.6 Å². The zero-order valence-corrected chi connectivity index (χ0v) is 26.5. The molecule has 9 heteroatoms. The van der Waals surface area contributed by atoms with Crippen molar-refractivity contribution in [2.75, 3.05) is 38.7 Å². The second kappa shape index (κ2) is 11.6. The molecule has 1 aliphatic carbocycles. The van der Waals surface area contributed by atoms with Crippen LogP contribution in [-0.4, -0.2) is 70.6 Å². The smallest absolute Gasteiger partial charge is 0.318 e. The number of ether oxygens (including phenoxy) is 1. The summed E-state index contributed by atoms with van der Waals surface area (Å²) in [5.74, 6) is 0.923. The number of halogens is 1. The second-order valence-electron chi connectivity index (χ2n) is 12.4. The second-order valence-corrected chi connectivity index (χ2v) is 13.5. The normalized spacial score (nSPS) is 19.9. The maximum Gasteiger partial charge on any atom is 0.318 e. The summed E-state index contributed by atoms with van der Waals surface area (Å²) < 4.78 is 7.33. The molecule has 218 valence electrons. The van der Waals surface area contributed by atoms with Gasteiger partial charge in [0, 0.05) is 39.1 Å². The van der Waals surface area contributed by atoms with Crippen LogP contribution < -0.4 is 9.64 Å². The van der Waals surface area contributed by atoms with E-state index in [-0.39, 0.29) is 17.1 Å². The minimum atomic E-state index is -0.104. The number of carbonyl (C=O) groups excluding carboxylic acids is 1. The number of aromatic nitrogens is 2. The third-order valence-electron chi connectivity index (χ3n) is 8.91. The van der Waals surface area contributed by atoms with Crippen LogP contribution in [0.25, 0.3) is 10.8 Å². The van der Waals surface area contributed by atoms with E-state index in [2.05, 4.69) is 53.4 Å². The molecule has 0 radical (unpaired) electrons. The quantitative estimate of drug-likeness (QED) is 0.296. The van der Waals surface area contributed by atoms with Crippen LogP contribution in [0.3, 0.4) is 0 Å². The van der Waals surface area contributed by atoms with Crippen molar-refractivity contribution in [1.29, 1.82) is 0 Å². The van der Waals surface area contributed by atoms with Crippen LogP contribution in [0.1, 0.15) is 73.5 Å². The lowest BCUT2D eigenvalue weighted by Gasteiger charge is -2.32. The fourth-order valence-electron chi connectivity index (χ4n) is 6.66. The number of rotatable bonds is 8. The lowest BCUT2D eigenvalue weighted by atomic mass is 10.0. The molecule has 3 aliphatic rings. The Morgan fingerprint density at radius 3 is 2.76 bits per heavy atom. The molecular weight excluding hydrogens is 629 g/mol. The van der Waals surface area contributed by atoms with Gasteiger partial charge in [-0.3, -0.25) is 4.79 Å². The molecule has 2 fully saturated rings. The van der Waals surface area contributed by atoms with Crippen LogP contribution in [0.15, 0.2) is 30.3 Å². The minimum Gasteiger partial charge on any atom is -0.508 e. The van der Waals surface area contributed by atoms with E-state index in [9.17, 15) is 9.90 Å². The first-order valence-corrected chi connectivity index (χ1v) is 16.0. The van der Waals surface area contributed by atoms with Crippen molar-refractivity contribution >= 4 is 45.1 Å². The predicted molar refractivity (Wildman–Crippen MR) is 170 cm³/mol. The number of hydrogen-bond donors (Lipinski definition) is 1. The van der Waals surface area contributed by atoms with Crippen LogP contribution in [-0.2, 0) is 13.1 Å². The molecule has 1 atom stereocenters. The third kappa shape index (κ3) is 5.84. The van der Waals surface area contributed by atoms with Crippen molar-refractivity contribution in [3.8, 4) is 11.8 Å². The van der Waals surface area contributed by atoms with Gasteiger partial charge in [-0.15, -0.1) is 0 Å². The zero-order chi connectivity index (χ0) is 28.7. The fraction of sp³-hybridized carbons (Fsp3) is 0.531. The monoisotopic (exact) mass is 669 g/mol. The summed E-state index contributed by atoms with van der Waals surface area (Å²) in [7, 11) is 4.22. The van der Waals surface area contributed by atoms with Gasteiger partial charge in [0.05, 0.1) is 31.0 Å². The number of phenols is 1. The highest BCUT2D eigenvalue weighted by atomic mass is 127. The average molecular weight is 670 g/mol. The van der Waals surface area contributed by atoms with Crippen LogP contribution in [0.4, 0.5) is 5.82 Å². The maximum atomic E-state index is 14.1.